The van der Waals surface area contributed by atoms with E-state index in [1.807, 2.05) is 38.1 Å². The van der Waals surface area contributed by atoms with Crippen LogP contribution in [0.5, 0.6) is 0 Å². The molecule has 0 radical (unpaired) electrons. The summed E-state index contributed by atoms with van der Waals surface area (Å²) in [6, 6.07) is 7.19. The molecule has 1 fully saturated rings. The Balaban J connectivity index is 1.50. The number of hydrogen-bond acceptors (Lipinski definition) is 5. The molecule has 1 aliphatic rings. The van der Waals surface area contributed by atoms with Gasteiger partial charge in [-0.1, -0.05) is 38.0 Å². The molecule has 1 saturated carbocycles. The Morgan fingerprint density at radius 3 is 2.59 bits per heavy atom. The van der Waals surface area contributed by atoms with Crippen LogP contribution in [0.2, 0.25) is 0 Å². The Morgan fingerprint density at radius 1 is 1.22 bits per heavy atom. The first-order chi connectivity index (χ1) is 15.2. The highest BCUT2D eigenvalue weighted by molar-refractivity contribution is 5.85. The first kappa shape index (κ1) is 24.0. The van der Waals surface area contributed by atoms with Gasteiger partial charge in [0.25, 0.3) is 0 Å². The van der Waals surface area contributed by atoms with Gasteiger partial charge < -0.3 is 19.6 Å². The molecule has 1 aromatic carbocycles. The van der Waals surface area contributed by atoms with Crippen LogP contribution in [-0.4, -0.2) is 34.6 Å². The van der Waals surface area contributed by atoms with Crippen LogP contribution < -0.4 is 5.32 Å². The molecule has 7 nitrogen and oxygen atoms in total. The van der Waals surface area contributed by atoms with E-state index in [2.05, 4.69) is 10.3 Å². The maximum absolute atomic E-state index is 12.6. The fourth-order valence-corrected chi connectivity index (χ4v) is 4.17. The largest absolute Gasteiger partial charge is 0.480 e. The van der Waals surface area contributed by atoms with Gasteiger partial charge in [-0.2, -0.15) is 0 Å². The van der Waals surface area contributed by atoms with Gasteiger partial charge in [-0.25, -0.2) is 9.78 Å². The molecule has 3 rings (SSSR count). The van der Waals surface area contributed by atoms with Crippen LogP contribution in [0.3, 0.4) is 0 Å². The molecular formula is C25H34N2O5. The number of carboxylic acid groups (broad SMARTS) is 1. The SMILES string of the molecule is Cc1ccc(-c2nc(COCC3CCCC(C(=O)N[C@H](C(=O)O)C(C)C)C3)c(C)o2)cc1. The van der Waals surface area contributed by atoms with E-state index >= 15 is 0 Å². The first-order valence-corrected chi connectivity index (χ1v) is 11.4. The number of nitrogens with one attached hydrogen (secondary N) is 1. The van der Waals surface area contributed by atoms with Crippen molar-refractivity contribution in [3.05, 3.63) is 41.3 Å². The van der Waals surface area contributed by atoms with E-state index in [1.54, 1.807) is 13.8 Å². The second-order valence-electron chi connectivity index (χ2n) is 9.20. The lowest BCUT2D eigenvalue weighted by Crippen LogP contribution is -2.47. The van der Waals surface area contributed by atoms with Crippen LogP contribution in [-0.2, 0) is 20.9 Å². The van der Waals surface area contributed by atoms with Crippen LogP contribution in [0.4, 0.5) is 0 Å². The van der Waals surface area contributed by atoms with E-state index < -0.39 is 12.0 Å². The Kier molecular flexibility index (Phi) is 8.07. The Hall–Kier alpha value is -2.67. The average molecular weight is 443 g/mol. The number of carbonyl (C=O) groups is 2. The minimum absolute atomic E-state index is 0.158. The van der Waals surface area contributed by atoms with E-state index in [9.17, 15) is 14.7 Å². The van der Waals surface area contributed by atoms with Gasteiger partial charge in [-0.15, -0.1) is 0 Å². The maximum atomic E-state index is 12.6. The van der Waals surface area contributed by atoms with Crippen LogP contribution in [0, 0.1) is 31.6 Å². The van der Waals surface area contributed by atoms with Crippen LogP contribution in [0.1, 0.15) is 56.5 Å². The lowest BCUT2D eigenvalue weighted by molar-refractivity contribution is -0.144. The number of benzene rings is 1. The van der Waals surface area contributed by atoms with Gasteiger partial charge >= 0.3 is 5.97 Å². The zero-order valence-electron chi connectivity index (χ0n) is 19.4. The van der Waals surface area contributed by atoms with Crippen molar-refractivity contribution in [1.29, 1.82) is 0 Å². The Bertz CT molecular complexity index is 919. The number of ether oxygens (including phenoxy) is 1. The minimum atomic E-state index is -0.989. The summed E-state index contributed by atoms with van der Waals surface area (Å²) in [6.07, 6.45) is 3.44. The molecule has 0 aliphatic heterocycles. The summed E-state index contributed by atoms with van der Waals surface area (Å²) in [7, 11) is 0. The molecule has 2 aromatic rings. The van der Waals surface area contributed by atoms with Gasteiger partial charge in [-0.05, 0) is 57.1 Å². The van der Waals surface area contributed by atoms with Crippen LogP contribution in [0.25, 0.3) is 11.5 Å². The summed E-state index contributed by atoms with van der Waals surface area (Å²) < 4.78 is 11.8. The number of amides is 1. The van der Waals surface area contributed by atoms with Crippen molar-refractivity contribution in [2.24, 2.45) is 17.8 Å². The summed E-state index contributed by atoms with van der Waals surface area (Å²) in [5.74, 6) is 0.131. The van der Waals surface area contributed by atoms with Crippen LogP contribution >= 0.6 is 0 Å². The van der Waals surface area contributed by atoms with Crippen molar-refractivity contribution in [2.75, 3.05) is 6.61 Å². The molecule has 0 saturated heterocycles. The predicted molar refractivity (Wildman–Crippen MR) is 121 cm³/mol. The number of carbonyl (C=O) groups excluding carboxylic acids is 1. The standard InChI is InChI=1S/C25H34N2O5/c1-15(2)22(25(29)30)27-23(28)20-7-5-6-18(12-20)13-31-14-21-17(4)32-24(26-21)19-10-8-16(3)9-11-19/h8-11,15,18,20,22H,5-7,12-14H2,1-4H3,(H,27,28)(H,29,30)/t18?,20?,22-/m0/s1. The molecule has 1 heterocycles. The zero-order valence-corrected chi connectivity index (χ0v) is 19.4. The van der Waals surface area contributed by atoms with Gasteiger partial charge in [-0.3, -0.25) is 4.79 Å². The topological polar surface area (TPSA) is 102 Å². The molecule has 1 aromatic heterocycles. The van der Waals surface area contributed by atoms with E-state index in [-0.39, 0.29) is 23.7 Å². The van der Waals surface area contributed by atoms with E-state index in [0.29, 0.717) is 25.5 Å². The van der Waals surface area contributed by atoms with Gasteiger partial charge in [0.1, 0.15) is 17.5 Å². The lowest BCUT2D eigenvalue weighted by atomic mass is 9.81. The van der Waals surface area contributed by atoms with Crippen molar-refractivity contribution in [2.45, 2.75) is 66.0 Å². The molecule has 3 atom stereocenters. The highest BCUT2D eigenvalue weighted by Crippen LogP contribution is 2.30. The van der Waals surface area contributed by atoms with Gasteiger partial charge in [0.05, 0.1) is 6.61 Å². The molecule has 7 heteroatoms. The van der Waals surface area contributed by atoms with Crippen molar-refractivity contribution in [1.82, 2.24) is 10.3 Å². The summed E-state index contributed by atoms with van der Waals surface area (Å²) in [4.78, 5) is 28.6. The van der Waals surface area contributed by atoms with Crippen molar-refractivity contribution in [3.8, 4) is 11.5 Å². The zero-order chi connectivity index (χ0) is 23.3. The molecule has 2 unspecified atom stereocenters. The summed E-state index contributed by atoms with van der Waals surface area (Å²) >= 11 is 0. The van der Waals surface area contributed by atoms with E-state index in [4.69, 9.17) is 9.15 Å². The Labute approximate surface area is 189 Å². The first-order valence-electron chi connectivity index (χ1n) is 11.4. The maximum Gasteiger partial charge on any atom is 0.326 e. The molecule has 2 N–H and O–H groups in total. The third-order valence-electron chi connectivity index (χ3n) is 6.17. The molecule has 1 aliphatic carbocycles. The molecule has 174 valence electrons. The highest BCUT2D eigenvalue weighted by Gasteiger charge is 2.31. The number of oxazole rings is 1. The highest BCUT2D eigenvalue weighted by atomic mass is 16.5. The summed E-state index contributed by atoms with van der Waals surface area (Å²) in [5.41, 5.74) is 2.90. The van der Waals surface area contributed by atoms with E-state index in [1.165, 1.54) is 5.56 Å². The smallest absolute Gasteiger partial charge is 0.326 e. The van der Waals surface area contributed by atoms with Crippen molar-refractivity contribution < 1.29 is 23.8 Å². The molecular weight excluding hydrogens is 408 g/mol. The third-order valence-corrected chi connectivity index (χ3v) is 6.17. The number of nitrogens with zero attached hydrogens (tertiary/aromatic N) is 1. The number of aryl methyl sites for hydroxylation is 2. The second-order valence-corrected chi connectivity index (χ2v) is 9.20. The lowest BCUT2D eigenvalue weighted by Gasteiger charge is -2.29. The Morgan fingerprint density at radius 2 is 1.94 bits per heavy atom. The number of carboxylic acids is 1. The number of hydrogen-bond donors (Lipinski definition) is 2. The van der Waals surface area contributed by atoms with Gasteiger partial charge in [0, 0.05) is 18.1 Å². The number of aromatic nitrogens is 1. The quantitative estimate of drug-likeness (QED) is 0.593. The van der Waals surface area contributed by atoms with Crippen LogP contribution in [0.15, 0.2) is 28.7 Å². The number of rotatable bonds is 9. The molecule has 32 heavy (non-hydrogen) atoms. The minimum Gasteiger partial charge on any atom is -0.480 e. The predicted octanol–water partition coefficient (Wildman–Crippen LogP) is 4.51. The van der Waals surface area contributed by atoms with Gasteiger partial charge in [0.2, 0.25) is 11.8 Å². The van der Waals surface area contributed by atoms with Crippen molar-refractivity contribution >= 4 is 11.9 Å². The van der Waals surface area contributed by atoms with E-state index in [0.717, 1.165) is 36.3 Å². The summed E-state index contributed by atoms with van der Waals surface area (Å²) in [5, 5.41) is 12.0. The fraction of sp³-hybridized carbons (Fsp3) is 0.560. The molecule has 1 amide bonds. The summed E-state index contributed by atoms with van der Waals surface area (Å²) in [6.45, 7) is 8.43. The number of aliphatic carboxylic acids is 1. The molecule has 0 spiro atoms. The normalized spacial score (nSPS) is 19.7. The van der Waals surface area contributed by atoms with Gasteiger partial charge in [0.15, 0.2) is 0 Å². The fourth-order valence-electron chi connectivity index (χ4n) is 4.17. The van der Waals surface area contributed by atoms with Crippen molar-refractivity contribution in [3.63, 3.8) is 0 Å². The average Bonchev–Trinajstić information content (AvgIpc) is 3.12. The second kappa shape index (κ2) is 10.8. The third kappa shape index (κ3) is 6.19. The monoisotopic (exact) mass is 442 g/mol. The molecule has 0 bridgehead atoms.